The lowest BCUT2D eigenvalue weighted by molar-refractivity contribution is 0.0647. The monoisotopic (exact) mass is 219 g/mol. The molecule has 2 heterocycles. The fraction of sp³-hybridized carbons (Fsp3) is 1.00. The highest BCUT2D eigenvalue weighted by atomic mass is 32.2. The van der Waals surface area contributed by atoms with Crippen molar-refractivity contribution < 1.29 is 13.5 Å². The van der Waals surface area contributed by atoms with Crippen molar-refractivity contribution in [3.8, 4) is 0 Å². The van der Waals surface area contributed by atoms with Crippen LogP contribution < -0.4 is 5.32 Å². The molecule has 0 bridgehead atoms. The molecule has 0 saturated carbocycles. The minimum atomic E-state index is -2.92. The lowest BCUT2D eigenvalue weighted by Crippen LogP contribution is -2.58. The molecule has 0 aromatic heterocycles. The van der Waals surface area contributed by atoms with Gasteiger partial charge in [0, 0.05) is 11.5 Å². The van der Waals surface area contributed by atoms with Gasteiger partial charge in [0.2, 0.25) is 0 Å². The van der Waals surface area contributed by atoms with Crippen molar-refractivity contribution in [2.45, 2.75) is 25.3 Å². The molecule has 2 N–H and O–H groups in total. The van der Waals surface area contributed by atoms with Crippen molar-refractivity contribution in [3.63, 3.8) is 0 Å². The summed E-state index contributed by atoms with van der Waals surface area (Å²) in [4.78, 5) is 0. The van der Waals surface area contributed by atoms with Crippen LogP contribution >= 0.6 is 0 Å². The lowest BCUT2D eigenvalue weighted by atomic mass is 9.75. The second-order valence-electron chi connectivity index (χ2n) is 4.51. The predicted molar refractivity (Wildman–Crippen MR) is 53.8 cm³/mol. The Labute approximate surface area is 84.6 Å². The van der Waals surface area contributed by atoms with E-state index in [-0.39, 0.29) is 24.2 Å². The molecule has 2 rings (SSSR count). The van der Waals surface area contributed by atoms with Crippen molar-refractivity contribution in [1.82, 2.24) is 5.32 Å². The number of aliphatic hydroxyl groups excluding tert-OH is 1. The standard InChI is InChI=1S/C9H17NO3S/c11-6-9-3-1-4-10-8(9)2-5-14(12,13)7-9/h8,10-11H,1-7H2. The Balaban J connectivity index is 2.25. The van der Waals surface area contributed by atoms with Crippen molar-refractivity contribution in [3.05, 3.63) is 0 Å². The van der Waals surface area contributed by atoms with Gasteiger partial charge in [-0.05, 0) is 25.8 Å². The minimum Gasteiger partial charge on any atom is -0.396 e. The van der Waals surface area contributed by atoms with E-state index in [1.165, 1.54) is 0 Å². The molecular formula is C9H17NO3S. The normalized spacial score (nSPS) is 41.6. The molecule has 82 valence electrons. The van der Waals surface area contributed by atoms with E-state index < -0.39 is 15.3 Å². The van der Waals surface area contributed by atoms with Gasteiger partial charge in [-0.25, -0.2) is 8.42 Å². The number of nitrogens with one attached hydrogen (secondary N) is 1. The van der Waals surface area contributed by atoms with Crippen LogP contribution in [0.2, 0.25) is 0 Å². The van der Waals surface area contributed by atoms with Crippen LogP contribution in [-0.4, -0.2) is 44.2 Å². The van der Waals surface area contributed by atoms with Crippen LogP contribution in [0.3, 0.4) is 0 Å². The first-order chi connectivity index (χ1) is 6.58. The smallest absolute Gasteiger partial charge is 0.151 e. The summed E-state index contributed by atoms with van der Waals surface area (Å²) in [6, 6.07) is 0.199. The predicted octanol–water partition coefficient (Wildman–Crippen LogP) is -0.464. The summed E-state index contributed by atoms with van der Waals surface area (Å²) in [5.74, 6) is 0.431. The fourth-order valence-corrected chi connectivity index (χ4v) is 4.78. The minimum absolute atomic E-state index is 0.0100. The van der Waals surface area contributed by atoms with E-state index in [4.69, 9.17) is 0 Å². The molecule has 14 heavy (non-hydrogen) atoms. The highest BCUT2D eigenvalue weighted by molar-refractivity contribution is 7.91. The van der Waals surface area contributed by atoms with Gasteiger partial charge in [-0.15, -0.1) is 0 Å². The third-order valence-corrected chi connectivity index (χ3v) is 5.39. The number of rotatable bonds is 1. The van der Waals surface area contributed by atoms with E-state index in [9.17, 15) is 13.5 Å². The van der Waals surface area contributed by atoms with Crippen molar-refractivity contribution >= 4 is 9.84 Å². The summed E-state index contributed by atoms with van der Waals surface area (Å²) in [7, 11) is -2.92. The first kappa shape index (κ1) is 10.4. The molecule has 0 spiro atoms. The second kappa shape index (κ2) is 3.47. The summed E-state index contributed by atoms with van der Waals surface area (Å²) in [6.07, 6.45) is 2.45. The van der Waals surface area contributed by atoms with Gasteiger partial charge in [-0.1, -0.05) is 0 Å². The van der Waals surface area contributed by atoms with E-state index in [1.54, 1.807) is 0 Å². The van der Waals surface area contributed by atoms with Gasteiger partial charge >= 0.3 is 0 Å². The average Bonchev–Trinajstić information content (AvgIpc) is 2.16. The Bertz CT molecular complexity index is 314. The lowest BCUT2D eigenvalue weighted by Gasteiger charge is -2.46. The molecule has 0 aromatic rings. The van der Waals surface area contributed by atoms with E-state index in [0.29, 0.717) is 6.42 Å². The fourth-order valence-electron chi connectivity index (χ4n) is 2.73. The third-order valence-electron chi connectivity index (χ3n) is 3.52. The van der Waals surface area contributed by atoms with Crippen LogP contribution in [0, 0.1) is 5.41 Å². The van der Waals surface area contributed by atoms with Crippen LogP contribution in [0.25, 0.3) is 0 Å². The Morgan fingerprint density at radius 1 is 1.50 bits per heavy atom. The van der Waals surface area contributed by atoms with Gasteiger partial charge in [0.25, 0.3) is 0 Å². The molecule has 0 aliphatic carbocycles. The summed E-state index contributed by atoms with van der Waals surface area (Å²) < 4.78 is 23.1. The maximum Gasteiger partial charge on any atom is 0.151 e. The third kappa shape index (κ3) is 1.68. The molecule has 2 unspecified atom stereocenters. The van der Waals surface area contributed by atoms with E-state index >= 15 is 0 Å². The zero-order valence-electron chi connectivity index (χ0n) is 8.20. The molecule has 0 radical (unpaired) electrons. The number of aliphatic hydroxyl groups is 1. The van der Waals surface area contributed by atoms with Crippen molar-refractivity contribution in [1.29, 1.82) is 0 Å². The van der Waals surface area contributed by atoms with Crippen LogP contribution in [0.4, 0.5) is 0 Å². The number of piperidine rings is 1. The Morgan fingerprint density at radius 3 is 3.00 bits per heavy atom. The molecule has 5 heteroatoms. The van der Waals surface area contributed by atoms with Crippen LogP contribution in [0.1, 0.15) is 19.3 Å². The van der Waals surface area contributed by atoms with Gasteiger partial charge in [0.1, 0.15) is 0 Å². The average molecular weight is 219 g/mol. The molecule has 2 fully saturated rings. The van der Waals surface area contributed by atoms with Gasteiger partial charge < -0.3 is 10.4 Å². The number of sulfone groups is 1. The van der Waals surface area contributed by atoms with Crippen molar-refractivity contribution in [2.75, 3.05) is 24.7 Å². The SMILES string of the molecule is O=S1(=O)CCC2NCCCC2(CO)C1. The first-order valence-electron chi connectivity index (χ1n) is 5.13. The number of hydrogen-bond acceptors (Lipinski definition) is 4. The van der Waals surface area contributed by atoms with Crippen LogP contribution in [0.15, 0.2) is 0 Å². The summed E-state index contributed by atoms with van der Waals surface area (Å²) in [6.45, 7) is 0.941. The van der Waals surface area contributed by atoms with Crippen LogP contribution in [0.5, 0.6) is 0 Å². The number of fused-ring (bicyclic) bond motifs is 1. The molecule has 2 atom stereocenters. The largest absolute Gasteiger partial charge is 0.396 e. The summed E-state index contributed by atoms with van der Waals surface area (Å²) in [5, 5.41) is 12.7. The maximum absolute atomic E-state index is 11.5. The molecule has 0 aromatic carbocycles. The first-order valence-corrected chi connectivity index (χ1v) is 6.95. The van der Waals surface area contributed by atoms with Crippen LogP contribution in [-0.2, 0) is 9.84 Å². The topological polar surface area (TPSA) is 66.4 Å². The second-order valence-corrected chi connectivity index (χ2v) is 6.70. The quantitative estimate of drug-likeness (QED) is 0.626. The molecular weight excluding hydrogens is 202 g/mol. The van der Waals surface area contributed by atoms with E-state index in [0.717, 1.165) is 19.4 Å². The molecule has 2 aliphatic rings. The van der Waals surface area contributed by atoms with Gasteiger partial charge in [-0.3, -0.25) is 0 Å². The van der Waals surface area contributed by atoms with Crippen molar-refractivity contribution in [2.24, 2.45) is 5.41 Å². The zero-order valence-corrected chi connectivity index (χ0v) is 9.02. The van der Waals surface area contributed by atoms with E-state index in [2.05, 4.69) is 5.32 Å². The Hall–Kier alpha value is -0.130. The highest BCUT2D eigenvalue weighted by Crippen LogP contribution is 2.37. The molecule has 2 saturated heterocycles. The number of hydrogen-bond donors (Lipinski definition) is 2. The summed E-state index contributed by atoms with van der Waals surface area (Å²) >= 11 is 0. The summed E-state index contributed by atoms with van der Waals surface area (Å²) in [5.41, 5.74) is -0.394. The molecule has 4 nitrogen and oxygen atoms in total. The maximum atomic E-state index is 11.5. The van der Waals surface area contributed by atoms with Gasteiger partial charge in [0.05, 0.1) is 18.1 Å². The molecule has 2 aliphatic heterocycles. The van der Waals surface area contributed by atoms with Gasteiger partial charge in [0.15, 0.2) is 9.84 Å². The highest BCUT2D eigenvalue weighted by Gasteiger charge is 2.46. The Morgan fingerprint density at radius 2 is 2.29 bits per heavy atom. The zero-order chi connectivity index (χ0) is 10.2. The molecule has 0 amide bonds. The van der Waals surface area contributed by atoms with Gasteiger partial charge in [-0.2, -0.15) is 0 Å². The Kier molecular flexibility index (Phi) is 2.57. The van der Waals surface area contributed by atoms with E-state index in [1.807, 2.05) is 0 Å².